The van der Waals surface area contributed by atoms with E-state index in [0.717, 1.165) is 23.3 Å². The van der Waals surface area contributed by atoms with E-state index >= 15 is 0 Å². The standard InChI is InChI=1S/C21H27N3O2S/c1-13(21-9-14-6-15(10-21)8-16(7-14)11-21)22-18(25)2-3-19-23-20(24-26-19)17-4-5-27-12-17/h4-5,12-16H,2-3,6-11H2,1H3,(H,22,25)/t13-,14?,15?,16?,21?/m0/s1. The lowest BCUT2D eigenvalue weighted by Crippen LogP contribution is -2.55. The number of carbonyl (C=O) groups is 1. The molecule has 4 saturated carbocycles. The van der Waals surface area contributed by atoms with Gasteiger partial charge in [0.2, 0.25) is 17.6 Å². The molecule has 4 bridgehead atoms. The molecule has 2 aromatic rings. The summed E-state index contributed by atoms with van der Waals surface area (Å²) in [5.41, 5.74) is 1.32. The maximum absolute atomic E-state index is 12.6. The van der Waals surface area contributed by atoms with Crippen molar-refractivity contribution in [3.8, 4) is 11.4 Å². The predicted molar refractivity (Wildman–Crippen MR) is 104 cm³/mol. The van der Waals surface area contributed by atoms with Gasteiger partial charge in [0.05, 0.1) is 0 Å². The van der Waals surface area contributed by atoms with E-state index in [4.69, 9.17) is 4.52 Å². The highest BCUT2D eigenvalue weighted by Crippen LogP contribution is 2.61. The van der Waals surface area contributed by atoms with Crippen molar-refractivity contribution in [3.63, 3.8) is 0 Å². The van der Waals surface area contributed by atoms with Crippen molar-refractivity contribution >= 4 is 17.2 Å². The predicted octanol–water partition coefficient (Wildman–Crippen LogP) is 4.45. The zero-order valence-corrected chi connectivity index (χ0v) is 16.6. The van der Waals surface area contributed by atoms with Gasteiger partial charge < -0.3 is 9.84 Å². The van der Waals surface area contributed by atoms with Gasteiger partial charge in [-0.3, -0.25) is 4.79 Å². The Bertz CT molecular complexity index is 778. The Morgan fingerprint density at radius 3 is 2.63 bits per heavy atom. The van der Waals surface area contributed by atoms with Crippen LogP contribution in [0.1, 0.15) is 57.8 Å². The van der Waals surface area contributed by atoms with Crippen molar-refractivity contribution in [1.29, 1.82) is 0 Å². The second kappa shape index (κ2) is 6.73. The molecule has 1 atom stereocenters. The number of rotatable bonds is 6. The fraction of sp³-hybridized carbons (Fsp3) is 0.667. The van der Waals surface area contributed by atoms with E-state index in [1.54, 1.807) is 11.3 Å². The molecule has 0 aromatic carbocycles. The minimum atomic E-state index is 0.105. The van der Waals surface area contributed by atoms with Crippen molar-refractivity contribution < 1.29 is 9.32 Å². The van der Waals surface area contributed by atoms with Gasteiger partial charge in [0, 0.05) is 29.8 Å². The van der Waals surface area contributed by atoms with Crippen LogP contribution >= 0.6 is 11.3 Å². The molecule has 2 aromatic heterocycles. The molecule has 0 aliphatic heterocycles. The molecule has 144 valence electrons. The quantitative estimate of drug-likeness (QED) is 0.797. The van der Waals surface area contributed by atoms with Crippen LogP contribution in [-0.4, -0.2) is 22.1 Å². The summed E-state index contributed by atoms with van der Waals surface area (Å²) in [5, 5.41) is 11.3. The average molecular weight is 386 g/mol. The Balaban J connectivity index is 1.17. The van der Waals surface area contributed by atoms with Gasteiger partial charge in [-0.25, -0.2) is 0 Å². The van der Waals surface area contributed by atoms with E-state index in [1.807, 2.05) is 16.8 Å². The van der Waals surface area contributed by atoms with Crippen LogP contribution in [0.25, 0.3) is 11.4 Å². The lowest BCUT2D eigenvalue weighted by Gasteiger charge is -2.59. The average Bonchev–Trinajstić information content (AvgIpc) is 3.30. The molecule has 1 N–H and O–H groups in total. The summed E-state index contributed by atoms with van der Waals surface area (Å²) in [6, 6.07) is 2.24. The summed E-state index contributed by atoms with van der Waals surface area (Å²) in [6.07, 6.45) is 9.14. The number of aryl methyl sites for hydroxylation is 1. The summed E-state index contributed by atoms with van der Waals surface area (Å²) in [6.45, 7) is 2.23. The van der Waals surface area contributed by atoms with E-state index in [9.17, 15) is 4.79 Å². The Morgan fingerprint density at radius 2 is 2.00 bits per heavy atom. The van der Waals surface area contributed by atoms with Gasteiger partial charge in [-0.2, -0.15) is 16.3 Å². The fourth-order valence-corrected chi connectivity index (χ4v) is 6.89. The van der Waals surface area contributed by atoms with Crippen molar-refractivity contribution in [3.05, 3.63) is 22.7 Å². The first kappa shape index (κ1) is 17.4. The largest absolute Gasteiger partial charge is 0.353 e. The van der Waals surface area contributed by atoms with Gasteiger partial charge in [-0.05, 0) is 80.1 Å². The minimum Gasteiger partial charge on any atom is -0.353 e. The van der Waals surface area contributed by atoms with Gasteiger partial charge in [-0.15, -0.1) is 0 Å². The lowest BCUT2D eigenvalue weighted by molar-refractivity contribution is -0.125. The van der Waals surface area contributed by atoms with Crippen LogP contribution in [0.4, 0.5) is 0 Å². The van der Waals surface area contributed by atoms with E-state index in [0.29, 0.717) is 30.0 Å². The van der Waals surface area contributed by atoms with Crippen LogP contribution in [0.2, 0.25) is 0 Å². The number of thiophene rings is 1. The van der Waals surface area contributed by atoms with E-state index < -0.39 is 0 Å². The SMILES string of the molecule is C[C@H](NC(=O)CCc1nc(-c2ccsc2)no1)C12CC3CC(CC(C3)C1)C2. The Morgan fingerprint density at radius 1 is 1.30 bits per heavy atom. The van der Waals surface area contributed by atoms with Gasteiger partial charge in [0.15, 0.2) is 0 Å². The number of hydrogen-bond acceptors (Lipinski definition) is 5. The summed E-state index contributed by atoms with van der Waals surface area (Å²) in [7, 11) is 0. The number of hydrogen-bond donors (Lipinski definition) is 1. The molecule has 4 aliphatic carbocycles. The van der Waals surface area contributed by atoms with Crippen LogP contribution in [0, 0.1) is 23.2 Å². The molecule has 4 aliphatic rings. The summed E-state index contributed by atoms with van der Waals surface area (Å²) >= 11 is 1.61. The van der Waals surface area contributed by atoms with Crippen molar-refractivity contribution in [2.75, 3.05) is 0 Å². The van der Waals surface area contributed by atoms with Crippen LogP contribution in [0.5, 0.6) is 0 Å². The number of aromatic nitrogens is 2. The third-order valence-corrected chi connectivity index (χ3v) is 7.88. The molecule has 6 heteroatoms. The maximum atomic E-state index is 12.6. The van der Waals surface area contributed by atoms with Crippen LogP contribution in [-0.2, 0) is 11.2 Å². The number of carbonyl (C=O) groups excluding carboxylic acids is 1. The van der Waals surface area contributed by atoms with Gasteiger partial charge in [0.1, 0.15) is 0 Å². The molecule has 5 nitrogen and oxygen atoms in total. The molecule has 0 unspecified atom stereocenters. The summed E-state index contributed by atoms with van der Waals surface area (Å²) < 4.78 is 5.31. The zero-order valence-electron chi connectivity index (χ0n) is 15.8. The van der Waals surface area contributed by atoms with Crippen molar-refractivity contribution in [1.82, 2.24) is 15.5 Å². The molecule has 4 fully saturated rings. The number of amides is 1. The van der Waals surface area contributed by atoms with E-state index in [1.165, 1.54) is 38.5 Å². The van der Waals surface area contributed by atoms with Gasteiger partial charge in [0.25, 0.3) is 0 Å². The first-order valence-electron chi connectivity index (χ1n) is 10.2. The molecule has 0 spiro atoms. The normalized spacial score (nSPS) is 32.6. The second-order valence-corrected chi connectivity index (χ2v) is 9.87. The Hall–Kier alpha value is -1.69. The van der Waals surface area contributed by atoms with Crippen molar-refractivity contribution in [2.24, 2.45) is 23.2 Å². The molecular formula is C21H27N3O2S. The molecule has 6 rings (SSSR count). The van der Waals surface area contributed by atoms with Crippen LogP contribution in [0.15, 0.2) is 21.3 Å². The smallest absolute Gasteiger partial charge is 0.227 e. The highest BCUT2D eigenvalue weighted by atomic mass is 32.1. The molecule has 2 heterocycles. The van der Waals surface area contributed by atoms with E-state index in [-0.39, 0.29) is 11.9 Å². The van der Waals surface area contributed by atoms with Gasteiger partial charge in [-0.1, -0.05) is 5.16 Å². The number of nitrogens with one attached hydrogen (secondary N) is 1. The van der Waals surface area contributed by atoms with Gasteiger partial charge >= 0.3 is 0 Å². The van der Waals surface area contributed by atoms with Crippen molar-refractivity contribution in [2.45, 2.75) is 64.3 Å². The second-order valence-electron chi connectivity index (χ2n) is 9.09. The lowest BCUT2D eigenvalue weighted by atomic mass is 9.48. The number of nitrogens with zero attached hydrogens (tertiary/aromatic N) is 2. The Labute approximate surface area is 163 Å². The third-order valence-electron chi connectivity index (χ3n) is 7.20. The summed E-state index contributed by atoms with van der Waals surface area (Å²) in [5.74, 6) is 3.97. The summed E-state index contributed by atoms with van der Waals surface area (Å²) in [4.78, 5) is 17.0. The zero-order chi connectivity index (χ0) is 18.4. The van der Waals surface area contributed by atoms with Crippen LogP contribution < -0.4 is 5.32 Å². The van der Waals surface area contributed by atoms with E-state index in [2.05, 4.69) is 22.4 Å². The maximum Gasteiger partial charge on any atom is 0.227 e. The molecule has 1 amide bonds. The third kappa shape index (κ3) is 3.33. The molecule has 0 radical (unpaired) electrons. The molecular weight excluding hydrogens is 358 g/mol. The first-order valence-corrected chi connectivity index (χ1v) is 11.2. The highest BCUT2D eigenvalue weighted by Gasteiger charge is 2.53. The monoisotopic (exact) mass is 385 g/mol. The molecule has 27 heavy (non-hydrogen) atoms. The Kier molecular flexibility index (Phi) is 4.34. The van der Waals surface area contributed by atoms with Crippen LogP contribution in [0.3, 0.4) is 0 Å². The minimum absolute atomic E-state index is 0.105. The topological polar surface area (TPSA) is 68.0 Å². The highest BCUT2D eigenvalue weighted by molar-refractivity contribution is 7.08. The first-order chi connectivity index (χ1) is 13.1. The molecule has 0 saturated heterocycles. The fourth-order valence-electron chi connectivity index (χ4n) is 6.26.